The van der Waals surface area contributed by atoms with Gasteiger partial charge in [0.25, 0.3) is 0 Å². The average Bonchev–Trinajstić information content (AvgIpc) is 2.90. The summed E-state index contributed by atoms with van der Waals surface area (Å²) in [6.07, 6.45) is 4.51. The largest absolute Gasteiger partial charge is 0.418 e. The van der Waals surface area contributed by atoms with Crippen molar-refractivity contribution < 1.29 is 12.8 Å². The summed E-state index contributed by atoms with van der Waals surface area (Å²) in [6.45, 7) is 3.49. The minimum absolute atomic E-state index is 0.0106. The number of pyridine rings is 2. The molecule has 0 aliphatic carbocycles. The van der Waals surface area contributed by atoms with Crippen LogP contribution in [0.1, 0.15) is 12.5 Å². The van der Waals surface area contributed by atoms with Crippen molar-refractivity contribution in [3.63, 3.8) is 0 Å². The van der Waals surface area contributed by atoms with Gasteiger partial charge in [0, 0.05) is 18.6 Å². The van der Waals surface area contributed by atoms with E-state index in [-0.39, 0.29) is 16.5 Å². The van der Waals surface area contributed by atoms with Gasteiger partial charge >= 0.3 is 0 Å². The molecule has 0 aromatic carbocycles. The van der Waals surface area contributed by atoms with Gasteiger partial charge in [-0.1, -0.05) is 6.92 Å². The summed E-state index contributed by atoms with van der Waals surface area (Å²) in [5, 5.41) is 0. The van der Waals surface area contributed by atoms with E-state index in [1.165, 1.54) is 12.4 Å². The summed E-state index contributed by atoms with van der Waals surface area (Å²) >= 11 is 0. The molecule has 7 heteroatoms. The van der Waals surface area contributed by atoms with Gasteiger partial charge in [-0.2, -0.15) is 0 Å². The predicted octanol–water partition coefficient (Wildman–Crippen LogP) is 2.39. The Morgan fingerprint density at radius 2 is 2.10 bits per heavy atom. The van der Waals surface area contributed by atoms with E-state index < -0.39 is 9.84 Å². The summed E-state index contributed by atoms with van der Waals surface area (Å²) in [7, 11) is -3.41. The van der Waals surface area contributed by atoms with Crippen LogP contribution in [-0.4, -0.2) is 29.1 Å². The SMILES string of the molecule is CCS(=O)(=O)c1cnccc1-c1nc2cc(C)cnc2o1. The average molecular weight is 303 g/mol. The van der Waals surface area contributed by atoms with Crippen molar-refractivity contribution in [1.29, 1.82) is 0 Å². The van der Waals surface area contributed by atoms with Crippen molar-refractivity contribution in [2.24, 2.45) is 0 Å². The van der Waals surface area contributed by atoms with E-state index in [0.717, 1.165) is 5.56 Å². The van der Waals surface area contributed by atoms with Crippen LogP contribution >= 0.6 is 0 Å². The van der Waals surface area contributed by atoms with Gasteiger partial charge in [0.2, 0.25) is 11.6 Å². The molecule has 3 aromatic heterocycles. The quantitative estimate of drug-likeness (QED) is 0.738. The van der Waals surface area contributed by atoms with Gasteiger partial charge < -0.3 is 4.42 Å². The smallest absolute Gasteiger partial charge is 0.247 e. The number of rotatable bonds is 3. The highest BCUT2D eigenvalue weighted by Gasteiger charge is 2.21. The molecule has 0 aliphatic rings. The van der Waals surface area contributed by atoms with Gasteiger partial charge in [0.1, 0.15) is 5.52 Å². The molecule has 0 N–H and O–H groups in total. The standard InChI is InChI=1S/C14H13N3O3S/c1-3-21(18,19)12-8-15-5-4-10(12)13-17-11-6-9(2)7-16-14(11)20-13/h4-8H,3H2,1-2H3. The van der Waals surface area contributed by atoms with Crippen LogP contribution in [0.2, 0.25) is 0 Å². The molecule has 3 aromatic rings. The number of sulfone groups is 1. The van der Waals surface area contributed by atoms with E-state index >= 15 is 0 Å². The predicted molar refractivity (Wildman–Crippen MR) is 77.5 cm³/mol. The highest BCUT2D eigenvalue weighted by Crippen LogP contribution is 2.29. The van der Waals surface area contributed by atoms with E-state index in [1.54, 1.807) is 19.2 Å². The van der Waals surface area contributed by atoms with Crippen molar-refractivity contribution in [3.05, 3.63) is 36.3 Å². The summed E-state index contributed by atoms with van der Waals surface area (Å²) in [5.41, 5.74) is 2.34. The normalized spacial score (nSPS) is 11.9. The van der Waals surface area contributed by atoms with Crippen LogP contribution in [0.25, 0.3) is 22.7 Å². The first-order valence-electron chi connectivity index (χ1n) is 6.41. The Morgan fingerprint density at radius 1 is 1.29 bits per heavy atom. The number of oxazole rings is 1. The monoisotopic (exact) mass is 303 g/mol. The molecule has 108 valence electrons. The van der Waals surface area contributed by atoms with E-state index in [1.807, 2.05) is 13.0 Å². The topological polar surface area (TPSA) is 86.0 Å². The molecule has 0 fully saturated rings. The fourth-order valence-electron chi connectivity index (χ4n) is 2.00. The minimum atomic E-state index is -3.41. The van der Waals surface area contributed by atoms with Gasteiger partial charge in [-0.05, 0) is 24.6 Å². The maximum absolute atomic E-state index is 12.1. The molecule has 0 atom stereocenters. The Balaban J connectivity index is 2.24. The van der Waals surface area contributed by atoms with Crippen LogP contribution in [0.3, 0.4) is 0 Å². The van der Waals surface area contributed by atoms with E-state index in [0.29, 0.717) is 16.8 Å². The molecule has 0 radical (unpaired) electrons. The third-order valence-electron chi connectivity index (χ3n) is 3.11. The summed E-state index contributed by atoms with van der Waals surface area (Å²) in [6, 6.07) is 3.42. The first kappa shape index (κ1) is 13.7. The van der Waals surface area contributed by atoms with Crippen molar-refractivity contribution in [3.8, 4) is 11.5 Å². The molecule has 0 unspecified atom stereocenters. The Labute approximate surface area is 121 Å². The van der Waals surface area contributed by atoms with E-state index in [9.17, 15) is 8.42 Å². The second kappa shape index (κ2) is 4.92. The molecule has 0 bridgehead atoms. The number of hydrogen-bond acceptors (Lipinski definition) is 6. The highest BCUT2D eigenvalue weighted by molar-refractivity contribution is 7.91. The molecule has 3 heterocycles. The van der Waals surface area contributed by atoms with Crippen molar-refractivity contribution in [2.45, 2.75) is 18.7 Å². The lowest BCUT2D eigenvalue weighted by Crippen LogP contribution is -2.06. The van der Waals surface area contributed by atoms with Gasteiger partial charge in [0.15, 0.2) is 9.84 Å². The molecular weight excluding hydrogens is 290 g/mol. The van der Waals surface area contributed by atoms with Gasteiger partial charge in [-0.3, -0.25) is 4.98 Å². The van der Waals surface area contributed by atoms with E-state index in [2.05, 4.69) is 15.0 Å². The van der Waals surface area contributed by atoms with Crippen molar-refractivity contribution in [2.75, 3.05) is 5.75 Å². The fourth-order valence-corrected chi connectivity index (χ4v) is 3.02. The first-order valence-corrected chi connectivity index (χ1v) is 8.07. The highest BCUT2D eigenvalue weighted by atomic mass is 32.2. The lowest BCUT2D eigenvalue weighted by molar-refractivity contribution is 0.591. The maximum Gasteiger partial charge on any atom is 0.247 e. The third kappa shape index (κ3) is 2.40. The zero-order valence-electron chi connectivity index (χ0n) is 11.6. The minimum Gasteiger partial charge on any atom is -0.418 e. The second-order valence-electron chi connectivity index (χ2n) is 4.63. The van der Waals surface area contributed by atoms with E-state index in [4.69, 9.17) is 4.42 Å². The summed E-state index contributed by atoms with van der Waals surface area (Å²) < 4.78 is 29.9. The lowest BCUT2D eigenvalue weighted by Gasteiger charge is -2.04. The summed E-state index contributed by atoms with van der Waals surface area (Å²) in [5.74, 6) is 0.223. The molecular formula is C14H13N3O3S. The van der Waals surface area contributed by atoms with Crippen LogP contribution in [0.4, 0.5) is 0 Å². The molecule has 0 saturated carbocycles. The van der Waals surface area contributed by atoms with Gasteiger partial charge in [-0.15, -0.1) is 0 Å². The Hall–Kier alpha value is -2.28. The van der Waals surface area contributed by atoms with Gasteiger partial charge in [-0.25, -0.2) is 18.4 Å². The molecule has 6 nitrogen and oxygen atoms in total. The van der Waals surface area contributed by atoms with Crippen LogP contribution in [0.15, 0.2) is 40.0 Å². The summed E-state index contributed by atoms with van der Waals surface area (Å²) in [4.78, 5) is 12.5. The number of nitrogens with zero attached hydrogens (tertiary/aromatic N) is 3. The Morgan fingerprint density at radius 3 is 2.86 bits per heavy atom. The molecule has 3 rings (SSSR count). The number of aromatic nitrogens is 3. The zero-order valence-corrected chi connectivity index (χ0v) is 12.4. The Bertz CT molecular complexity index is 916. The number of fused-ring (bicyclic) bond motifs is 1. The third-order valence-corrected chi connectivity index (χ3v) is 4.87. The molecule has 0 spiro atoms. The second-order valence-corrected chi connectivity index (χ2v) is 6.88. The van der Waals surface area contributed by atoms with Crippen molar-refractivity contribution >= 4 is 21.1 Å². The lowest BCUT2D eigenvalue weighted by atomic mass is 10.3. The molecule has 0 aliphatic heterocycles. The fraction of sp³-hybridized carbons (Fsp3) is 0.214. The number of aryl methyl sites for hydroxylation is 1. The van der Waals surface area contributed by atoms with Crippen LogP contribution in [0, 0.1) is 6.92 Å². The molecule has 0 amide bonds. The number of hydrogen-bond donors (Lipinski definition) is 0. The zero-order chi connectivity index (χ0) is 15.0. The van der Waals surface area contributed by atoms with Gasteiger partial charge in [0.05, 0.1) is 16.2 Å². The van der Waals surface area contributed by atoms with Crippen LogP contribution in [0.5, 0.6) is 0 Å². The maximum atomic E-state index is 12.1. The Kier molecular flexibility index (Phi) is 3.21. The van der Waals surface area contributed by atoms with Crippen LogP contribution < -0.4 is 0 Å². The van der Waals surface area contributed by atoms with Crippen LogP contribution in [-0.2, 0) is 9.84 Å². The van der Waals surface area contributed by atoms with Crippen molar-refractivity contribution in [1.82, 2.24) is 15.0 Å². The molecule has 21 heavy (non-hydrogen) atoms. The molecule has 0 saturated heterocycles. The first-order chi connectivity index (χ1) is 10.0.